The van der Waals surface area contributed by atoms with Crippen molar-refractivity contribution in [2.75, 3.05) is 0 Å². The first-order valence-electron chi connectivity index (χ1n) is 2.70. The van der Waals surface area contributed by atoms with E-state index in [0.29, 0.717) is 6.92 Å². The Kier molecular flexibility index (Phi) is 2.84. The van der Waals surface area contributed by atoms with Gasteiger partial charge < -0.3 is 5.11 Å². The van der Waals surface area contributed by atoms with Gasteiger partial charge in [0.15, 0.2) is 0 Å². The van der Waals surface area contributed by atoms with Gasteiger partial charge in [-0.25, -0.2) is 9.18 Å². The molecular formula is C5H6F4O2. The monoisotopic (exact) mass is 174 g/mol. The van der Waals surface area contributed by atoms with E-state index in [2.05, 4.69) is 0 Å². The molecule has 0 saturated carbocycles. The van der Waals surface area contributed by atoms with Gasteiger partial charge in [0, 0.05) is 0 Å². The van der Waals surface area contributed by atoms with Crippen LogP contribution in [0.4, 0.5) is 17.6 Å². The van der Waals surface area contributed by atoms with Gasteiger partial charge in [-0.3, -0.25) is 0 Å². The van der Waals surface area contributed by atoms with Crippen LogP contribution in [0.5, 0.6) is 0 Å². The van der Waals surface area contributed by atoms with E-state index in [9.17, 15) is 22.4 Å². The first-order chi connectivity index (χ1) is 4.76. The molecule has 6 heteroatoms. The Labute approximate surface area is 59.8 Å². The molecular weight excluding hydrogens is 168 g/mol. The maximum absolute atomic E-state index is 12.1. The zero-order valence-corrected chi connectivity index (χ0v) is 5.52. The van der Waals surface area contributed by atoms with Crippen molar-refractivity contribution in [3.05, 3.63) is 0 Å². The Balaban J connectivity index is 4.25. The smallest absolute Gasteiger partial charge is 0.394 e. The molecule has 0 aromatic carbocycles. The average molecular weight is 174 g/mol. The van der Waals surface area contributed by atoms with E-state index in [-0.39, 0.29) is 0 Å². The number of alkyl halides is 4. The van der Waals surface area contributed by atoms with Gasteiger partial charge in [-0.1, -0.05) is 6.92 Å². The number of hydrogen-bond acceptors (Lipinski definition) is 1. The molecule has 0 amide bonds. The molecule has 66 valence electrons. The Morgan fingerprint density at radius 3 is 1.91 bits per heavy atom. The van der Waals surface area contributed by atoms with Crippen molar-refractivity contribution in [1.82, 2.24) is 0 Å². The third-order valence-electron chi connectivity index (χ3n) is 1.19. The minimum Gasteiger partial charge on any atom is -0.479 e. The predicted octanol–water partition coefficient (Wildman–Crippen LogP) is 1.61. The second-order valence-electron chi connectivity index (χ2n) is 2.07. The summed E-state index contributed by atoms with van der Waals surface area (Å²) in [7, 11) is 0. The van der Waals surface area contributed by atoms with Crippen molar-refractivity contribution >= 4 is 5.97 Å². The average Bonchev–Trinajstić information content (AvgIpc) is 1.82. The molecule has 0 aromatic heterocycles. The molecule has 11 heavy (non-hydrogen) atoms. The van der Waals surface area contributed by atoms with Crippen LogP contribution in [-0.4, -0.2) is 23.4 Å². The zero-order chi connectivity index (χ0) is 9.23. The Morgan fingerprint density at radius 2 is 1.82 bits per heavy atom. The van der Waals surface area contributed by atoms with E-state index in [1.165, 1.54) is 0 Å². The number of carboxylic acid groups (broad SMARTS) is 1. The molecule has 0 fully saturated rings. The van der Waals surface area contributed by atoms with Crippen molar-refractivity contribution in [2.45, 2.75) is 19.3 Å². The number of aliphatic carboxylic acids is 1. The summed E-state index contributed by atoms with van der Waals surface area (Å²) in [6.07, 6.45) is -7.67. The first-order valence-corrected chi connectivity index (χ1v) is 2.70. The van der Waals surface area contributed by atoms with E-state index in [1.54, 1.807) is 0 Å². The van der Waals surface area contributed by atoms with Crippen molar-refractivity contribution in [3.8, 4) is 0 Å². The van der Waals surface area contributed by atoms with Gasteiger partial charge in [0.25, 0.3) is 0 Å². The summed E-state index contributed by atoms with van der Waals surface area (Å²) >= 11 is 0. The van der Waals surface area contributed by atoms with Crippen molar-refractivity contribution in [2.24, 2.45) is 5.92 Å². The molecule has 0 aliphatic heterocycles. The third kappa shape index (κ3) is 2.73. The molecule has 2 unspecified atom stereocenters. The van der Waals surface area contributed by atoms with E-state index in [0.717, 1.165) is 0 Å². The van der Waals surface area contributed by atoms with Crippen LogP contribution < -0.4 is 0 Å². The minimum absolute atomic E-state index is 0.485. The molecule has 0 bridgehead atoms. The molecule has 0 aromatic rings. The summed E-state index contributed by atoms with van der Waals surface area (Å²) in [5, 5.41) is 7.84. The van der Waals surface area contributed by atoms with Crippen LogP contribution in [0.2, 0.25) is 0 Å². The van der Waals surface area contributed by atoms with Gasteiger partial charge >= 0.3 is 12.1 Å². The highest BCUT2D eigenvalue weighted by molar-refractivity contribution is 5.72. The van der Waals surface area contributed by atoms with E-state index >= 15 is 0 Å². The van der Waals surface area contributed by atoms with Gasteiger partial charge in [-0.2, -0.15) is 13.2 Å². The van der Waals surface area contributed by atoms with E-state index in [4.69, 9.17) is 5.11 Å². The number of carbonyl (C=O) groups is 1. The fraction of sp³-hybridized carbons (Fsp3) is 0.800. The molecule has 2 atom stereocenters. The third-order valence-corrected chi connectivity index (χ3v) is 1.19. The lowest BCUT2D eigenvalue weighted by Gasteiger charge is -2.15. The van der Waals surface area contributed by atoms with Crippen LogP contribution in [0.25, 0.3) is 0 Å². The molecule has 2 nitrogen and oxygen atoms in total. The number of rotatable bonds is 2. The molecule has 1 N–H and O–H groups in total. The summed E-state index contributed by atoms with van der Waals surface area (Å²) in [6, 6.07) is 0. The highest BCUT2D eigenvalue weighted by atomic mass is 19.4. The van der Waals surface area contributed by atoms with Crippen LogP contribution >= 0.6 is 0 Å². The second kappa shape index (κ2) is 3.06. The first kappa shape index (κ1) is 10.2. The van der Waals surface area contributed by atoms with Crippen molar-refractivity contribution < 1.29 is 27.5 Å². The zero-order valence-electron chi connectivity index (χ0n) is 5.52. The molecule has 0 radical (unpaired) electrons. The quantitative estimate of drug-likeness (QED) is 0.645. The standard InChI is InChI=1S/C5H6F4O2/c1-2(5(7,8)9)3(6)4(10)11/h2-3H,1H3,(H,10,11). The lowest BCUT2D eigenvalue weighted by molar-refractivity contribution is -0.193. The summed E-state index contributed by atoms with van der Waals surface area (Å²) in [5.41, 5.74) is 0. The lowest BCUT2D eigenvalue weighted by atomic mass is 10.1. The second-order valence-corrected chi connectivity index (χ2v) is 2.07. The molecule has 0 aliphatic rings. The summed E-state index contributed by atoms with van der Waals surface area (Å²) in [5.74, 6) is -4.55. The predicted molar refractivity (Wildman–Crippen MR) is 27.8 cm³/mol. The fourth-order valence-electron chi connectivity index (χ4n) is 0.380. The number of halogens is 4. The largest absolute Gasteiger partial charge is 0.479 e. The molecule has 0 rings (SSSR count). The van der Waals surface area contributed by atoms with E-state index < -0.39 is 24.2 Å². The van der Waals surface area contributed by atoms with Crippen LogP contribution in [0.1, 0.15) is 6.92 Å². The lowest BCUT2D eigenvalue weighted by Crippen LogP contribution is -2.34. The summed E-state index contributed by atoms with van der Waals surface area (Å²) in [4.78, 5) is 9.71. The van der Waals surface area contributed by atoms with Crippen LogP contribution in [0.15, 0.2) is 0 Å². The summed E-state index contributed by atoms with van der Waals surface area (Å²) < 4.78 is 46.8. The molecule has 0 heterocycles. The van der Waals surface area contributed by atoms with Gasteiger partial charge in [0.1, 0.15) is 0 Å². The fourth-order valence-corrected chi connectivity index (χ4v) is 0.380. The maximum Gasteiger partial charge on any atom is 0.394 e. The Hall–Kier alpha value is -0.810. The summed E-state index contributed by atoms with van der Waals surface area (Å²) in [6.45, 7) is 0.485. The topological polar surface area (TPSA) is 37.3 Å². The van der Waals surface area contributed by atoms with Crippen LogP contribution in [-0.2, 0) is 4.79 Å². The van der Waals surface area contributed by atoms with Gasteiger partial charge in [0.2, 0.25) is 6.17 Å². The van der Waals surface area contributed by atoms with Crippen LogP contribution in [0.3, 0.4) is 0 Å². The number of carboxylic acids is 1. The normalized spacial score (nSPS) is 17.5. The van der Waals surface area contributed by atoms with Crippen molar-refractivity contribution in [3.63, 3.8) is 0 Å². The van der Waals surface area contributed by atoms with E-state index in [1.807, 2.05) is 0 Å². The highest BCUT2D eigenvalue weighted by Crippen LogP contribution is 2.29. The van der Waals surface area contributed by atoms with Crippen LogP contribution in [0, 0.1) is 5.92 Å². The number of hydrogen-bond donors (Lipinski definition) is 1. The SMILES string of the molecule is CC(C(F)C(=O)O)C(F)(F)F. The molecule has 0 spiro atoms. The molecule has 0 saturated heterocycles. The van der Waals surface area contributed by atoms with Gasteiger partial charge in [-0.15, -0.1) is 0 Å². The minimum atomic E-state index is -4.79. The maximum atomic E-state index is 12.1. The van der Waals surface area contributed by atoms with Gasteiger partial charge in [-0.05, 0) is 0 Å². The Bertz CT molecular complexity index is 153. The van der Waals surface area contributed by atoms with Gasteiger partial charge in [0.05, 0.1) is 5.92 Å². The highest BCUT2D eigenvalue weighted by Gasteiger charge is 2.44. The Morgan fingerprint density at radius 1 is 1.45 bits per heavy atom. The van der Waals surface area contributed by atoms with Crippen molar-refractivity contribution in [1.29, 1.82) is 0 Å². The molecule has 0 aliphatic carbocycles.